The van der Waals surface area contributed by atoms with Crippen molar-refractivity contribution in [3.05, 3.63) is 20.6 Å². The highest BCUT2D eigenvalue weighted by Gasteiger charge is 2.04. The highest BCUT2D eigenvalue weighted by atomic mass is 79.9. The first kappa shape index (κ1) is 12.8. The van der Waals surface area contributed by atoms with Crippen molar-refractivity contribution in [1.82, 2.24) is 9.97 Å². The van der Waals surface area contributed by atoms with Gasteiger partial charge < -0.3 is 9.72 Å². The van der Waals surface area contributed by atoms with Crippen LogP contribution in [0.5, 0.6) is 0 Å². The van der Waals surface area contributed by atoms with E-state index >= 15 is 0 Å². The van der Waals surface area contributed by atoms with E-state index in [0.29, 0.717) is 11.2 Å². The summed E-state index contributed by atoms with van der Waals surface area (Å²) in [6.45, 7) is 5.40. The Bertz CT molecular complexity index is 378. The fourth-order valence-electron chi connectivity index (χ4n) is 1.18. The first-order valence-electron chi connectivity index (χ1n) is 5.04. The smallest absolute Gasteiger partial charge is 0.144 e. The summed E-state index contributed by atoms with van der Waals surface area (Å²) in [4.78, 5) is 7.45. The first-order chi connectivity index (χ1) is 7.19. The van der Waals surface area contributed by atoms with Crippen molar-refractivity contribution in [2.45, 2.75) is 33.3 Å². The van der Waals surface area contributed by atoms with Gasteiger partial charge in [0, 0.05) is 12.3 Å². The van der Waals surface area contributed by atoms with Gasteiger partial charge in [-0.25, -0.2) is 4.98 Å². The summed E-state index contributed by atoms with van der Waals surface area (Å²) in [5.41, 5.74) is 1.07. The number of hydrogen-bond acceptors (Lipinski definition) is 3. The second-order valence-corrected chi connectivity index (χ2v) is 4.37. The molecule has 1 N–H and O–H groups in total. The standard InChI is InChI=1S/C10H15BrN2OS/c1-3-5-14-6-8-12-7(4-2)9(11)10(15)13-8/h3-6H2,1-2H3,(H,12,13,15). The number of aromatic nitrogens is 2. The lowest BCUT2D eigenvalue weighted by Gasteiger charge is -2.06. The average Bonchev–Trinajstić information content (AvgIpc) is 2.23. The van der Waals surface area contributed by atoms with E-state index in [2.05, 4.69) is 39.7 Å². The van der Waals surface area contributed by atoms with E-state index in [-0.39, 0.29) is 0 Å². The van der Waals surface area contributed by atoms with Crippen molar-refractivity contribution < 1.29 is 4.74 Å². The third kappa shape index (κ3) is 3.66. The molecule has 0 bridgehead atoms. The summed E-state index contributed by atoms with van der Waals surface area (Å²) in [5.74, 6) is 0.800. The minimum absolute atomic E-state index is 0.498. The number of nitrogens with zero attached hydrogens (tertiary/aromatic N) is 1. The lowest BCUT2D eigenvalue weighted by Crippen LogP contribution is -2.04. The van der Waals surface area contributed by atoms with Gasteiger partial charge in [0.25, 0.3) is 0 Å². The molecule has 0 saturated carbocycles. The van der Waals surface area contributed by atoms with Gasteiger partial charge in [0.05, 0.1) is 4.47 Å². The largest absolute Gasteiger partial charge is 0.374 e. The number of aryl methyl sites for hydroxylation is 1. The lowest BCUT2D eigenvalue weighted by atomic mass is 10.3. The molecule has 0 unspecified atom stereocenters. The number of H-pyrrole nitrogens is 1. The average molecular weight is 291 g/mol. The van der Waals surface area contributed by atoms with Crippen LogP contribution in [-0.4, -0.2) is 16.6 Å². The van der Waals surface area contributed by atoms with Gasteiger partial charge >= 0.3 is 0 Å². The Morgan fingerprint density at radius 1 is 1.47 bits per heavy atom. The maximum absolute atomic E-state index is 5.41. The predicted octanol–water partition coefficient (Wildman–Crippen LogP) is 3.39. The van der Waals surface area contributed by atoms with Gasteiger partial charge in [0.15, 0.2) is 0 Å². The van der Waals surface area contributed by atoms with Crippen molar-refractivity contribution in [1.29, 1.82) is 0 Å². The molecule has 0 radical (unpaired) electrons. The van der Waals surface area contributed by atoms with E-state index in [0.717, 1.165) is 35.4 Å². The Kier molecular flexibility index (Phi) is 5.42. The zero-order valence-corrected chi connectivity index (χ0v) is 11.4. The topological polar surface area (TPSA) is 37.9 Å². The van der Waals surface area contributed by atoms with Crippen molar-refractivity contribution in [2.75, 3.05) is 6.61 Å². The Morgan fingerprint density at radius 3 is 2.80 bits per heavy atom. The minimum atomic E-state index is 0.498. The minimum Gasteiger partial charge on any atom is -0.374 e. The lowest BCUT2D eigenvalue weighted by molar-refractivity contribution is 0.116. The molecule has 0 aromatic carbocycles. The van der Waals surface area contributed by atoms with Crippen LogP contribution in [0.15, 0.2) is 4.47 Å². The van der Waals surface area contributed by atoms with Crippen LogP contribution in [0.4, 0.5) is 0 Å². The van der Waals surface area contributed by atoms with Crippen LogP contribution in [0.3, 0.4) is 0 Å². The molecular formula is C10H15BrN2OS. The first-order valence-corrected chi connectivity index (χ1v) is 6.24. The molecular weight excluding hydrogens is 276 g/mol. The second-order valence-electron chi connectivity index (χ2n) is 3.19. The van der Waals surface area contributed by atoms with E-state index in [1.165, 1.54) is 0 Å². The molecule has 3 nitrogen and oxygen atoms in total. The monoisotopic (exact) mass is 290 g/mol. The molecule has 1 aromatic heterocycles. The Balaban J connectivity index is 2.82. The maximum atomic E-state index is 5.41. The van der Waals surface area contributed by atoms with Crippen LogP contribution in [-0.2, 0) is 17.8 Å². The molecule has 0 aliphatic heterocycles. The van der Waals surface area contributed by atoms with Crippen molar-refractivity contribution in [3.8, 4) is 0 Å². The van der Waals surface area contributed by atoms with Crippen molar-refractivity contribution >= 4 is 28.1 Å². The van der Waals surface area contributed by atoms with Gasteiger partial charge in [-0.05, 0) is 28.8 Å². The number of rotatable bonds is 5. The summed E-state index contributed by atoms with van der Waals surface area (Å²) < 4.78 is 6.89. The van der Waals surface area contributed by atoms with Gasteiger partial charge in [-0.3, -0.25) is 0 Å². The Hall–Kier alpha value is -0.260. The molecule has 0 fully saturated rings. The molecule has 5 heteroatoms. The van der Waals surface area contributed by atoms with Crippen molar-refractivity contribution in [2.24, 2.45) is 0 Å². The summed E-state index contributed by atoms with van der Waals surface area (Å²) >= 11 is 8.56. The number of ether oxygens (including phenoxy) is 1. The van der Waals surface area contributed by atoms with E-state index in [1.54, 1.807) is 0 Å². The van der Waals surface area contributed by atoms with Gasteiger partial charge in [0.2, 0.25) is 0 Å². The van der Waals surface area contributed by atoms with Crippen LogP contribution in [0, 0.1) is 4.64 Å². The Labute approximate surface area is 103 Å². The van der Waals surface area contributed by atoms with Crippen LogP contribution >= 0.6 is 28.1 Å². The molecule has 84 valence electrons. The number of halogens is 1. The third-order valence-electron chi connectivity index (χ3n) is 1.93. The third-order valence-corrected chi connectivity index (χ3v) is 3.34. The fourth-order valence-corrected chi connectivity index (χ4v) is 1.88. The van der Waals surface area contributed by atoms with Crippen LogP contribution in [0.25, 0.3) is 0 Å². The summed E-state index contributed by atoms with van der Waals surface area (Å²) in [7, 11) is 0. The number of hydrogen-bond donors (Lipinski definition) is 1. The number of nitrogens with one attached hydrogen (secondary N) is 1. The molecule has 0 spiro atoms. The van der Waals surface area contributed by atoms with Gasteiger partial charge in [-0.15, -0.1) is 0 Å². The SMILES string of the molecule is CCCOCc1nc(=S)c(Br)c(CC)[nH]1. The summed E-state index contributed by atoms with van der Waals surface area (Å²) in [6, 6.07) is 0. The highest BCUT2D eigenvalue weighted by Crippen LogP contribution is 2.16. The molecule has 15 heavy (non-hydrogen) atoms. The normalized spacial score (nSPS) is 10.6. The zero-order chi connectivity index (χ0) is 11.3. The van der Waals surface area contributed by atoms with E-state index < -0.39 is 0 Å². The van der Waals surface area contributed by atoms with Crippen LogP contribution < -0.4 is 0 Å². The molecule has 1 heterocycles. The molecule has 0 atom stereocenters. The van der Waals surface area contributed by atoms with Crippen molar-refractivity contribution in [3.63, 3.8) is 0 Å². The van der Waals surface area contributed by atoms with Gasteiger partial charge in [0.1, 0.15) is 17.1 Å². The molecule has 1 rings (SSSR count). The van der Waals surface area contributed by atoms with E-state index in [4.69, 9.17) is 17.0 Å². The quantitative estimate of drug-likeness (QED) is 0.667. The van der Waals surface area contributed by atoms with E-state index in [1.807, 2.05) is 0 Å². The van der Waals surface area contributed by atoms with Gasteiger partial charge in [-0.2, -0.15) is 0 Å². The summed E-state index contributed by atoms with van der Waals surface area (Å²) in [6.07, 6.45) is 1.91. The molecule has 0 aliphatic rings. The van der Waals surface area contributed by atoms with Crippen LogP contribution in [0.1, 0.15) is 31.8 Å². The molecule has 0 amide bonds. The maximum Gasteiger partial charge on any atom is 0.144 e. The second kappa shape index (κ2) is 6.35. The molecule has 1 aromatic rings. The fraction of sp³-hybridized carbons (Fsp3) is 0.600. The predicted molar refractivity (Wildman–Crippen MR) is 66.4 cm³/mol. The van der Waals surface area contributed by atoms with E-state index in [9.17, 15) is 0 Å². The Morgan fingerprint density at radius 2 is 2.20 bits per heavy atom. The van der Waals surface area contributed by atoms with Gasteiger partial charge in [-0.1, -0.05) is 26.1 Å². The summed E-state index contributed by atoms with van der Waals surface area (Å²) in [5, 5.41) is 0. The zero-order valence-electron chi connectivity index (χ0n) is 8.97. The molecule has 0 aliphatic carbocycles. The highest BCUT2D eigenvalue weighted by molar-refractivity contribution is 9.10. The van der Waals surface area contributed by atoms with Crippen LogP contribution in [0.2, 0.25) is 0 Å². The molecule has 0 saturated heterocycles. The number of aromatic amines is 1.